The van der Waals surface area contributed by atoms with Crippen molar-refractivity contribution >= 4 is 5.91 Å². The van der Waals surface area contributed by atoms with E-state index in [1.54, 1.807) is 12.1 Å². The Morgan fingerprint density at radius 3 is 2.91 bits per heavy atom. The van der Waals surface area contributed by atoms with Gasteiger partial charge in [0.2, 0.25) is 11.8 Å². The van der Waals surface area contributed by atoms with Crippen LogP contribution < -0.4 is 0 Å². The monoisotopic (exact) mass is 317 g/mol. The average Bonchev–Trinajstić information content (AvgIpc) is 3.00. The van der Waals surface area contributed by atoms with Gasteiger partial charge in [-0.05, 0) is 25.1 Å². The maximum absolute atomic E-state index is 13.3. The Balaban J connectivity index is 1.74. The molecule has 0 saturated carbocycles. The topological polar surface area (TPSA) is 79.5 Å². The van der Waals surface area contributed by atoms with Crippen molar-refractivity contribution in [3.63, 3.8) is 0 Å². The number of hydrogen-bond acceptors (Lipinski definition) is 5. The van der Waals surface area contributed by atoms with Gasteiger partial charge in [-0.15, -0.1) is 10.2 Å². The van der Waals surface area contributed by atoms with Crippen molar-refractivity contribution in [2.75, 3.05) is 13.1 Å². The molecule has 6 nitrogen and oxygen atoms in total. The summed E-state index contributed by atoms with van der Waals surface area (Å²) in [5.74, 6) is -0.167. The van der Waals surface area contributed by atoms with Crippen LogP contribution in [0.25, 0.3) is 11.5 Å². The van der Waals surface area contributed by atoms with Gasteiger partial charge < -0.3 is 14.4 Å². The number of halogens is 1. The lowest BCUT2D eigenvalue weighted by atomic mass is 9.81. The van der Waals surface area contributed by atoms with Crippen LogP contribution in [0.5, 0.6) is 0 Å². The van der Waals surface area contributed by atoms with Crippen LogP contribution in [0.3, 0.4) is 0 Å². The van der Waals surface area contributed by atoms with Crippen LogP contribution in [0.15, 0.2) is 41.3 Å². The summed E-state index contributed by atoms with van der Waals surface area (Å²) < 4.78 is 18.9. The molecule has 1 saturated heterocycles. The third-order valence-electron chi connectivity index (χ3n) is 3.88. The molecule has 0 spiro atoms. The van der Waals surface area contributed by atoms with Crippen molar-refractivity contribution < 1.29 is 18.7 Å². The number of carbonyl (C=O) groups excluding carboxylic acids is 1. The molecule has 1 aromatic carbocycles. The highest BCUT2D eigenvalue weighted by Gasteiger charge is 2.47. The minimum absolute atomic E-state index is 0.233. The zero-order chi connectivity index (χ0) is 16.6. The lowest BCUT2D eigenvalue weighted by Crippen LogP contribution is -2.61. The Kier molecular flexibility index (Phi) is 3.73. The SMILES string of the molecule is C=CC(O)C(=O)N1CC(C)(c2nnc(-c3cccc(F)c3)o2)C1. The lowest BCUT2D eigenvalue weighted by molar-refractivity contribution is -0.145. The van der Waals surface area contributed by atoms with Crippen molar-refractivity contribution in [2.45, 2.75) is 18.4 Å². The van der Waals surface area contributed by atoms with Crippen LogP contribution in [0.2, 0.25) is 0 Å². The first kappa shape index (κ1) is 15.4. The summed E-state index contributed by atoms with van der Waals surface area (Å²) in [4.78, 5) is 13.3. The molecule has 1 aromatic heterocycles. The number of benzene rings is 1. The van der Waals surface area contributed by atoms with Gasteiger partial charge in [-0.1, -0.05) is 18.7 Å². The van der Waals surface area contributed by atoms with Crippen LogP contribution in [0.1, 0.15) is 12.8 Å². The normalized spacial score (nSPS) is 17.4. The first-order valence-electron chi connectivity index (χ1n) is 7.12. The van der Waals surface area contributed by atoms with E-state index in [0.717, 1.165) is 0 Å². The largest absolute Gasteiger partial charge is 0.420 e. The molecule has 0 bridgehead atoms. The first-order valence-corrected chi connectivity index (χ1v) is 7.12. The number of hydrogen-bond donors (Lipinski definition) is 1. The van der Waals surface area contributed by atoms with E-state index in [2.05, 4.69) is 16.8 Å². The summed E-state index contributed by atoms with van der Waals surface area (Å²) >= 11 is 0. The Labute approximate surface area is 132 Å². The minimum atomic E-state index is -1.20. The molecule has 7 heteroatoms. The van der Waals surface area contributed by atoms with Crippen LogP contribution in [0.4, 0.5) is 4.39 Å². The standard InChI is InChI=1S/C16H16FN3O3/c1-3-12(21)14(22)20-8-16(2,9-20)15-19-18-13(23-15)10-5-4-6-11(17)7-10/h3-7,12,21H,1,8-9H2,2H3. The van der Waals surface area contributed by atoms with Gasteiger partial charge in [0.1, 0.15) is 5.82 Å². The Morgan fingerprint density at radius 1 is 1.52 bits per heavy atom. The smallest absolute Gasteiger partial charge is 0.255 e. The Bertz CT molecular complexity index is 753. The third-order valence-corrected chi connectivity index (χ3v) is 3.88. The fraction of sp³-hybridized carbons (Fsp3) is 0.312. The minimum Gasteiger partial charge on any atom is -0.420 e. The number of rotatable bonds is 4. The van der Waals surface area contributed by atoms with Gasteiger partial charge >= 0.3 is 0 Å². The van der Waals surface area contributed by atoms with Crippen molar-refractivity contribution in [1.29, 1.82) is 0 Å². The summed E-state index contributed by atoms with van der Waals surface area (Å²) in [6.45, 7) is 6.01. The second-order valence-corrected chi connectivity index (χ2v) is 5.86. The molecule has 120 valence electrons. The molecule has 3 rings (SSSR count). The van der Waals surface area contributed by atoms with Crippen molar-refractivity contribution in [3.8, 4) is 11.5 Å². The molecule has 1 aliphatic heterocycles. The third kappa shape index (κ3) is 2.75. The highest BCUT2D eigenvalue weighted by Crippen LogP contribution is 2.35. The molecule has 1 atom stereocenters. The maximum atomic E-state index is 13.3. The van der Waals surface area contributed by atoms with Gasteiger partial charge in [0.05, 0.1) is 5.41 Å². The van der Waals surface area contributed by atoms with Gasteiger partial charge in [-0.25, -0.2) is 4.39 Å². The summed E-state index contributed by atoms with van der Waals surface area (Å²) in [5.41, 5.74) is 0.0245. The fourth-order valence-corrected chi connectivity index (χ4v) is 2.58. The number of carbonyl (C=O) groups is 1. The predicted octanol–water partition coefficient (Wildman–Crippen LogP) is 1.52. The van der Waals surface area contributed by atoms with Crippen LogP contribution in [-0.2, 0) is 10.2 Å². The van der Waals surface area contributed by atoms with E-state index in [9.17, 15) is 14.3 Å². The number of amides is 1. The van der Waals surface area contributed by atoms with Gasteiger partial charge in [0, 0.05) is 18.7 Å². The van der Waals surface area contributed by atoms with Gasteiger partial charge in [0.15, 0.2) is 6.10 Å². The molecule has 1 fully saturated rings. The molecular weight excluding hydrogens is 301 g/mol. The molecule has 23 heavy (non-hydrogen) atoms. The van der Waals surface area contributed by atoms with Crippen LogP contribution >= 0.6 is 0 Å². The highest BCUT2D eigenvalue weighted by atomic mass is 19.1. The number of likely N-dealkylation sites (tertiary alicyclic amines) is 1. The molecule has 0 radical (unpaired) electrons. The zero-order valence-electron chi connectivity index (χ0n) is 12.6. The van der Waals surface area contributed by atoms with Gasteiger partial charge in [-0.3, -0.25) is 4.79 Å². The van der Waals surface area contributed by atoms with Crippen molar-refractivity contribution in [1.82, 2.24) is 15.1 Å². The molecular formula is C16H16FN3O3. The van der Waals surface area contributed by atoms with Crippen LogP contribution in [0, 0.1) is 5.82 Å². The number of aromatic nitrogens is 2. The van der Waals surface area contributed by atoms with Crippen LogP contribution in [-0.4, -0.2) is 45.3 Å². The van der Waals surface area contributed by atoms with E-state index >= 15 is 0 Å². The van der Waals surface area contributed by atoms with E-state index in [1.165, 1.54) is 23.1 Å². The van der Waals surface area contributed by atoms with E-state index in [4.69, 9.17) is 4.42 Å². The summed E-state index contributed by atoms with van der Waals surface area (Å²) in [6.07, 6.45) is -0.0164. The molecule has 0 aliphatic carbocycles. The van der Waals surface area contributed by atoms with E-state index in [1.807, 2.05) is 6.92 Å². The van der Waals surface area contributed by atoms with E-state index in [-0.39, 0.29) is 11.7 Å². The number of nitrogens with zero attached hydrogens (tertiary/aromatic N) is 3. The quantitative estimate of drug-likeness (QED) is 0.865. The average molecular weight is 317 g/mol. The lowest BCUT2D eigenvalue weighted by Gasteiger charge is -2.45. The van der Waals surface area contributed by atoms with Gasteiger partial charge in [-0.2, -0.15) is 0 Å². The Morgan fingerprint density at radius 2 is 2.26 bits per heavy atom. The molecule has 2 aromatic rings. The zero-order valence-corrected chi connectivity index (χ0v) is 12.6. The summed E-state index contributed by atoms with van der Waals surface area (Å²) in [6, 6.07) is 5.90. The van der Waals surface area contributed by atoms with E-state index in [0.29, 0.717) is 24.5 Å². The predicted molar refractivity (Wildman–Crippen MR) is 79.8 cm³/mol. The maximum Gasteiger partial charge on any atom is 0.255 e. The van der Waals surface area contributed by atoms with Crippen molar-refractivity contribution in [3.05, 3.63) is 48.6 Å². The number of aliphatic hydroxyl groups is 1. The fourth-order valence-electron chi connectivity index (χ4n) is 2.58. The first-order chi connectivity index (χ1) is 10.9. The van der Waals surface area contributed by atoms with E-state index < -0.39 is 17.4 Å². The summed E-state index contributed by atoms with van der Waals surface area (Å²) in [5, 5.41) is 17.4. The molecule has 2 heterocycles. The highest BCUT2D eigenvalue weighted by molar-refractivity contribution is 5.83. The molecule has 1 N–H and O–H groups in total. The second-order valence-electron chi connectivity index (χ2n) is 5.86. The number of aliphatic hydroxyl groups excluding tert-OH is 1. The summed E-state index contributed by atoms with van der Waals surface area (Å²) in [7, 11) is 0. The van der Waals surface area contributed by atoms with Gasteiger partial charge in [0.25, 0.3) is 5.91 Å². The molecule has 1 amide bonds. The Hall–Kier alpha value is -2.54. The molecule has 1 aliphatic rings. The molecule has 1 unspecified atom stereocenters. The second kappa shape index (κ2) is 5.58. The van der Waals surface area contributed by atoms with Crippen molar-refractivity contribution in [2.24, 2.45) is 0 Å².